The Hall–Kier alpha value is -2.54. The van der Waals surface area contributed by atoms with Crippen LogP contribution in [0.4, 0.5) is 0 Å². The number of amides is 1. The van der Waals surface area contributed by atoms with Crippen LogP contribution in [-0.4, -0.2) is 40.3 Å². The fraction of sp³-hybridized carbons (Fsp3) is 0.353. The van der Waals surface area contributed by atoms with Crippen LogP contribution in [0.1, 0.15) is 19.7 Å². The standard InChI is InChI=1S/C17H18ClN3O4/c1-11(2)21(17(22)14-10-23-7-8-24-14)9-15-19-20-16(25-15)12-5-3-4-6-13(12)18/h3-6,10-11H,7-9H2,1-2H3. The molecule has 2 heterocycles. The van der Waals surface area contributed by atoms with Crippen molar-refractivity contribution in [2.45, 2.75) is 26.4 Å². The number of nitrogens with zero attached hydrogens (tertiary/aromatic N) is 3. The number of benzene rings is 1. The van der Waals surface area contributed by atoms with E-state index < -0.39 is 0 Å². The summed E-state index contributed by atoms with van der Waals surface area (Å²) >= 11 is 6.15. The molecule has 0 unspecified atom stereocenters. The maximum Gasteiger partial charge on any atom is 0.292 e. The Balaban J connectivity index is 1.78. The first kappa shape index (κ1) is 17.3. The van der Waals surface area contributed by atoms with Crippen LogP contribution < -0.4 is 0 Å². The van der Waals surface area contributed by atoms with Crippen LogP contribution in [0.2, 0.25) is 5.02 Å². The Morgan fingerprint density at radius 1 is 1.28 bits per heavy atom. The van der Waals surface area contributed by atoms with E-state index in [9.17, 15) is 4.79 Å². The van der Waals surface area contributed by atoms with Gasteiger partial charge in [-0.3, -0.25) is 4.79 Å². The van der Waals surface area contributed by atoms with Crippen molar-refractivity contribution in [2.24, 2.45) is 0 Å². The zero-order valence-corrected chi connectivity index (χ0v) is 14.7. The molecule has 0 saturated heterocycles. The molecule has 0 spiro atoms. The lowest BCUT2D eigenvalue weighted by atomic mass is 10.2. The summed E-state index contributed by atoms with van der Waals surface area (Å²) in [7, 11) is 0. The number of rotatable bonds is 5. The number of hydrogen-bond acceptors (Lipinski definition) is 6. The molecule has 1 aliphatic rings. The topological polar surface area (TPSA) is 77.7 Å². The molecule has 0 aliphatic carbocycles. The molecule has 1 aromatic heterocycles. The van der Waals surface area contributed by atoms with Crippen LogP contribution in [0.15, 0.2) is 40.7 Å². The van der Waals surface area contributed by atoms with Gasteiger partial charge in [0.2, 0.25) is 17.5 Å². The molecule has 1 aromatic carbocycles. The second kappa shape index (κ2) is 7.57. The van der Waals surface area contributed by atoms with Gasteiger partial charge in [0.05, 0.1) is 17.1 Å². The number of ether oxygens (including phenoxy) is 2. The minimum absolute atomic E-state index is 0.0883. The summed E-state index contributed by atoms with van der Waals surface area (Å²) in [6.45, 7) is 4.74. The SMILES string of the molecule is CC(C)N(Cc1nnc(-c2ccccc2Cl)o1)C(=O)C1=COCCO1. The fourth-order valence-corrected chi connectivity index (χ4v) is 2.53. The predicted octanol–water partition coefficient (Wildman–Crippen LogP) is 3.02. The lowest BCUT2D eigenvalue weighted by Crippen LogP contribution is -2.38. The van der Waals surface area contributed by atoms with Gasteiger partial charge in [-0.05, 0) is 26.0 Å². The van der Waals surface area contributed by atoms with Crippen molar-refractivity contribution in [3.63, 3.8) is 0 Å². The molecule has 0 saturated carbocycles. The molecule has 132 valence electrons. The molecule has 8 heteroatoms. The van der Waals surface area contributed by atoms with Crippen molar-refractivity contribution >= 4 is 17.5 Å². The number of hydrogen-bond donors (Lipinski definition) is 0. The molecule has 0 N–H and O–H groups in total. The molecule has 2 aromatic rings. The van der Waals surface area contributed by atoms with Crippen molar-refractivity contribution in [3.8, 4) is 11.5 Å². The van der Waals surface area contributed by atoms with Crippen LogP contribution >= 0.6 is 11.6 Å². The Morgan fingerprint density at radius 3 is 2.76 bits per heavy atom. The summed E-state index contributed by atoms with van der Waals surface area (Å²) in [4.78, 5) is 14.2. The van der Waals surface area contributed by atoms with Crippen LogP contribution in [0.5, 0.6) is 0 Å². The van der Waals surface area contributed by atoms with Gasteiger partial charge in [-0.25, -0.2) is 0 Å². The van der Waals surface area contributed by atoms with Crippen LogP contribution in [0, 0.1) is 0 Å². The molecule has 0 fully saturated rings. The molecule has 0 bridgehead atoms. The molecular formula is C17H18ClN3O4. The predicted molar refractivity (Wildman–Crippen MR) is 90.4 cm³/mol. The smallest absolute Gasteiger partial charge is 0.292 e. The first-order chi connectivity index (χ1) is 12.1. The van der Waals surface area contributed by atoms with Gasteiger partial charge in [0.25, 0.3) is 5.91 Å². The quantitative estimate of drug-likeness (QED) is 0.812. The minimum Gasteiger partial charge on any atom is -0.494 e. The first-order valence-corrected chi connectivity index (χ1v) is 8.27. The fourth-order valence-electron chi connectivity index (χ4n) is 2.32. The number of carbonyl (C=O) groups is 1. The van der Waals surface area contributed by atoms with E-state index in [4.69, 9.17) is 25.5 Å². The van der Waals surface area contributed by atoms with Gasteiger partial charge in [-0.2, -0.15) is 0 Å². The van der Waals surface area contributed by atoms with E-state index in [1.165, 1.54) is 6.26 Å². The number of aromatic nitrogens is 2. The third kappa shape index (κ3) is 3.93. The molecule has 1 amide bonds. The van der Waals surface area contributed by atoms with Crippen molar-refractivity contribution < 1.29 is 18.7 Å². The average Bonchev–Trinajstić information content (AvgIpc) is 3.08. The maximum atomic E-state index is 12.6. The van der Waals surface area contributed by atoms with Crippen molar-refractivity contribution in [1.82, 2.24) is 15.1 Å². The third-order valence-electron chi connectivity index (χ3n) is 3.62. The second-order valence-electron chi connectivity index (χ2n) is 5.71. The Morgan fingerprint density at radius 2 is 2.08 bits per heavy atom. The second-order valence-corrected chi connectivity index (χ2v) is 6.12. The van der Waals surface area contributed by atoms with Crippen molar-refractivity contribution in [1.29, 1.82) is 0 Å². The summed E-state index contributed by atoms with van der Waals surface area (Å²) < 4.78 is 16.2. The Labute approximate surface area is 150 Å². The van der Waals surface area contributed by atoms with E-state index in [0.29, 0.717) is 35.6 Å². The Bertz CT molecular complexity index is 788. The first-order valence-electron chi connectivity index (χ1n) is 7.89. The zero-order chi connectivity index (χ0) is 17.8. The van der Waals surface area contributed by atoms with Crippen molar-refractivity contribution in [3.05, 3.63) is 47.2 Å². The number of halogens is 1. The summed E-state index contributed by atoms with van der Waals surface area (Å²) in [6, 6.07) is 7.11. The molecule has 1 aliphatic heterocycles. The van der Waals surface area contributed by atoms with Gasteiger partial charge in [0, 0.05) is 6.04 Å². The van der Waals surface area contributed by atoms with E-state index in [2.05, 4.69) is 10.2 Å². The largest absolute Gasteiger partial charge is 0.494 e. The highest BCUT2D eigenvalue weighted by molar-refractivity contribution is 6.33. The van der Waals surface area contributed by atoms with Crippen molar-refractivity contribution in [2.75, 3.05) is 13.2 Å². The monoisotopic (exact) mass is 363 g/mol. The lowest BCUT2D eigenvalue weighted by Gasteiger charge is -2.27. The van der Waals surface area contributed by atoms with Gasteiger partial charge in [-0.1, -0.05) is 23.7 Å². The maximum absolute atomic E-state index is 12.6. The normalized spacial score (nSPS) is 13.8. The zero-order valence-electron chi connectivity index (χ0n) is 13.9. The molecular weight excluding hydrogens is 346 g/mol. The highest BCUT2D eigenvalue weighted by atomic mass is 35.5. The molecule has 3 rings (SSSR count). The van der Waals surface area contributed by atoms with E-state index in [1.54, 1.807) is 17.0 Å². The number of carbonyl (C=O) groups excluding carboxylic acids is 1. The summed E-state index contributed by atoms with van der Waals surface area (Å²) in [6.07, 6.45) is 1.34. The average molecular weight is 364 g/mol. The van der Waals surface area contributed by atoms with E-state index in [-0.39, 0.29) is 24.3 Å². The van der Waals surface area contributed by atoms with Crippen LogP contribution in [-0.2, 0) is 20.8 Å². The van der Waals surface area contributed by atoms with E-state index >= 15 is 0 Å². The van der Waals surface area contributed by atoms with Gasteiger partial charge in [-0.15, -0.1) is 10.2 Å². The van der Waals surface area contributed by atoms with Gasteiger partial charge in [0.15, 0.2) is 0 Å². The summed E-state index contributed by atoms with van der Waals surface area (Å²) in [5.41, 5.74) is 0.650. The highest BCUT2D eigenvalue weighted by Gasteiger charge is 2.26. The van der Waals surface area contributed by atoms with Crippen LogP contribution in [0.3, 0.4) is 0 Å². The molecule has 0 radical (unpaired) electrons. The van der Waals surface area contributed by atoms with Gasteiger partial charge < -0.3 is 18.8 Å². The third-order valence-corrected chi connectivity index (χ3v) is 3.95. The van der Waals surface area contributed by atoms with E-state index in [1.807, 2.05) is 26.0 Å². The molecule has 25 heavy (non-hydrogen) atoms. The minimum atomic E-state index is -0.285. The Kier molecular flexibility index (Phi) is 5.23. The molecule has 0 atom stereocenters. The molecule has 7 nitrogen and oxygen atoms in total. The lowest BCUT2D eigenvalue weighted by molar-refractivity contribution is -0.135. The van der Waals surface area contributed by atoms with Crippen LogP contribution in [0.25, 0.3) is 11.5 Å². The summed E-state index contributed by atoms with van der Waals surface area (Å²) in [5, 5.41) is 8.57. The highest BCUT2D eigenvalue weighted by Crippen LogP contribution is 2.26. The van der Waals surface area contributed by atoms with E-state index in [0.717, 1.165) is 0 Å². The van der Waals surface area contributed by atoms with Gasteiger partial charge in [0.1, 0.15) is 19.5 Å². The van der Waals surface area contributed by atoms with Gasteiger partial charge >= 0.3 is 0 Å². The summed E-state index contributed by atoms with van der Waals surface area (Å²) in [5.74, 6) is 0.514.